The van der Waals surface area contributed by atoms with Gasteiger partial charge in [0.2, 0.25) is 0 Å². The van der Waals surface area contributed by atoms with Gasteiger partial charge in [0.05, 0.1) is 17.3 Å². The Balaban J connectivity index is 1.74. The standard InChI is InChI=1S/C18H18N2O5/c1-10(12-3-6-15-16(9-12)25-8-7-24-15)20-17(21)14-5-4-13(18(22)23)11(2)19-14/h3-6,9-10H,7-8H2,1-2H3,(H,20,21)(H,22,23). The zero-order valence-corrected chi connectivity index (χ0v) is 13.9. The molecule has 0 aliphatic carbocycles. The lowest BCUT2D eigenvalue weighted by Gasteiger charge is -2.21. The van der Waals surface area contributed by atoms with E-state index in [9.17, 15) is 9.59 Å². The number of carboxylic acid groups (broad SMARTS) is 1. The number of aromatic nitrogens is 1. The highest BCUT2D eigenvalue weighted by molar-refractivity contribution is 5.94. The number of aryl methyl sites for hydroxylation is 1. The molecule has 25 heavy (non-hydrogen) atoms. The van der Waals surface area contributed by atoms with Crippen LogP contribution in [0.15, 0.2) is 30.3 Å². The van der Waals surface area contributed by atoms with Crippen molar-refractivity contribution in [3.8, 4) is 11.5 Å². The third kappa shape index (κ3) is 3.55. The topological polar surface area (TPSA) is 97.8 Å². The third-order valence-corrected chi connectivity index (χ3v) is 3.96. The van der Waals surface area contributed by atoms with Crippen LogP contribution in [0.4, 0.5) is 0 Å². The second-order valence-electron chi connectivity index (χ2n) is 5.73. The molecular weight excluding hydrogens is 324 g/mol. The minimum absolute atomic E-state index is 0.0800. The molecule has 7 heteroatoms. The summed E-state index contributed by atoms with van der Waals surface area (Å²) in [4.78, 5) is 27.5. The molecule has 1 aliphatic heterocycles. The molecule has 0 spiro atoms. The fourth-order valence-corrected chi connectivity index (χ4v) is 2.60. The number of benzene rings is 1. The first-order valence-electron chi connectivity index (χ1n) is 7.87. The smallest absolute Gasteiger partial charge is 0.337 e. The number of nitrogens with one attached hydrogen (secondary N) is 1. The summed E-state index contributed by atoms with van der Waals surface area (Å²) >= 11 is 0. The van der Waals surface area contributed by atoms with E-state index < -0.39 is 5.97 Å². The van der Waals surface area contributed by atoms with Crippen molar-refractivity contribution in [3.63, 3.8) is 0 Å². The van der Waals surface area contributed by atoms with Crippen molar-refractivity contribution in [2.75, 3.05) is 13.2 Å². The number of hydrogen-bond donors (Lipinski definition) is 2. The molecule has 0 fully saturated rings. The molecule has 130 valence electrons. The van der Waals surface area contributed by atoms with Crippen LogP contribution >= 0.6 is 0 Å². The van der Waals surface area contributed by atoms with Crippen LogP contribution in [0.2, 0.25) is 0 Å². The van der Waals surface area contributed by atoms with E-state index in [4.69, 9.17) is 14.6 Å². The highest BCUT2D eigenvalue weighted by atomic mass is 16.6. The van der Waals surface area contributed by atoms with Crippen molar-refractivity contribution in [2.45, 2.75) is 19.9 Å². The number of nitrogens with zero attached hydrogens (tertiary/aromatic N) is 1. The molecule has 7 nitrogen and oxygen atoms in total. The monoisotopic (exact) mass is 342 g/mol. The number of rotatable bonds is 4. The Morgan fingerprint density at radius 1 is 1.16 bits per heavy atom. The minimum atomic E-state index is -1.07. The van der Waals surface area contributed by atoms with E-state index in [1.165, 1.54) is 12.1 Å². The quantitative estimate of drug-likeness (QED) is 0.885. The fraction of sp³-hybridized carbons (Fsp3) is 0.278. The molecule has 0 saturated carbocycles. The van der Waals surface area contributed by atoms with Crippen LogP contribution in [0, 0.1) is 6.92 Å². The van der Waals surface area contributed by atoms with Crippen LogP contribution in [-0.4, -0.2) is 35.2 Å². The summed E-state index contributed by atoms with van der Waals surface area (Å²) in [5, 5.41) is 11.9. The van der Waals surface area contributed by atoms with Gasteiger partial charge in [-0.15, -0.1) is 0 Å². The van der Waals surface area contributed by atoms with Gasteiger partial charge >= 0.3 is 5.97 Å². The van der Waals surface area contributed by atoms with Crippen LogP contribution in [0.25, 0.3) is 0 Å². The first-order valence-corrected chi connectivity index (χ1v) is 7.87. The number of carbonyl (C=O) groups excluding carboxylic acids is 1. The van der Waals surface area contributed by atoms with Crippen LogP contribution < -0.4 is 14.8 Å². The number of amides is 1. The first-order chi connectivity index (χ1) is 12.0. The summed E-state index contributed by atoms with van der Waals surface area (Å²) in [6.45, 7) is 4.43. The number of hydrogen-bond acceptors (Lipinski definition) is 5. The molecular formula is C18H18N2O5. The summed E-state index contributed by atoms with van der Waals surface area (Å²) in [5.74, 6) is -0.0938. The highest BCUT2D eigenvalue weighted by Gasteiger charge is 2.18. The van der Waals surface area contributed by atoms with Crippen molar-refractivity contribution in [3.05, 3.63) is 52.8 Å². The first kappa shape index (κ1) is 16.8. The normalized spacial score (nSPS) is 13.8. The van der Waals surface area contributed by atoms with Crippen LogP contribution in [0.5, 0.6) is 11.5 Å². The summed E-state index contributed by atoms with van der Waals surface area (Å²) < 4.78 is 11.0. The lowest BCUT2D eigenvalue weighted by molar-refractivity contribution is 0.0694. The van der Waals surface area contributed by atoms with E-state index in [1.54, 1.807) is 6.92 Å². The van der Waals surface area contributed by atoms with Crippen LogP contribution in [0.1, 0.15) is 45.1 Å². The van der Waals surface area contributed by atoms with Gasteiger partial charge in [0.1, 0.15) is 18.9 Å². The van der Waals surface area contributed by atoms with E-state index in [0.29, 0.717) is 30.4 Å². The van der Waals surface area contributed by atoms with Gasteiger partial charge in [-0.3, -0.25) is 4.79 Å². The Morgan fingerprint density at radius 3 is 2.56 bits per heavy atom. The van der Waals surface area contributed by atoms with Crippen LogP contribution in [0.3, 0.4) is 0 Å². The van der Waals surface area contributed by atoms with Crippen molar-refractivity contribution >= 4 is 11.9 Å². The van der Waals surface area contributed by atoms with Gasteiger partial charge in [0.15, 0.2) is 11.5 Å². The number of ether oxygens (including phenoxy) is 2. The van der Waals surface area contributed by atoms with Crippen molar-refractivity contribution in [1.82, 2.24) is 10.3 Å². The van der Waals surface area contributed by atoms with Gasteiger partial charge in [0.25, 0.3) is 5.91 Å². The van der Waals surface area contributed by atoms with E-state index in [1.807, 2.05) is 25.1 Å². The average molecular weight is 342 g/mol. The Labute approximate surface area is 144 Å². The predicted molar refractivity (Wildman–Crippen MR) is 89.2 cm³/mol. The number of carboxylic acids is 1. The van der Waals surface area contributed by atoms with E-state index in [0.717, 1.165) is 5.56 Å². The second kappa shape index (κ2) is 6.80. The van der Waals surface area contributed by atoms with Crippen molar-refractivity contribution in [2.24, 2.45) is 0 Å². The number of fused-ring (bicyclic) bond motifs is 1. The van der Waals surface area contributed by atoms with Gasteiger partial charge in [-0.1, -0.05) is 6.07 Å². The maximum absolute atomic E-state index is 12.4. The fourth-order valence-electron chi connectivity index (χ4n) is 2.60. The Hall–Kier alpha value is -3.09. The molecule has 0 radical (unpaired) electrons. The summed E-state index contributed by atoms with van der Waals surface area (Å²) in [6.07, 6.45) is 0. The molecule has 0 saturated heterocycles. The molecule has 1 unspecified atom stereocenters. The van der Waals surface area contributed by atoms with Gasteiger partial charge in [-0.2, -0.15) is 0 Å². The SMILES string of the molecule is Cc1nc(C(=O)NC(C)c2ccc3c(c2)OCCO3)ccc1C(=O)O. The molecule has 1 aromatic carbocycles. The second-order valence-corrected chi connectivity index (χ2v) is 5.73. The zero-order chi connectivity index (χ0) is 18.0. The van der Waals surface area contributed by atoms with Crippen molar-refractivity contribution in [1.29, 1.82) is 0 Å². The number of aromatic carboxylic acids is 1. The maximum atomic E-state index is 12.4. The Morgan fingerprint density at radius 2 is 1.88 bits per heavy atom. The highest BCUT2D eigenvalue weighted by Crippen LogP contribution is 2.32. The molecule has 1 atom stereocenters. The van der Waals surface area contributed by atoms with Gasteiger partial charge in [-0.05, 0) is 43.7 Å². The van der Waals surface area contributed by atoms with E-state index in [-0.39, 0.29) is 23.2 Å². The van der Waals surface area contributed by atoms with E-state index >= 15 is 0 Å². The lowest BCUT2D eigenvalue weighted by Crippen LogP contribution is -2.28. The molecule has 1 amide bonds. The summed E-state index contributed by atoms with van der Waals surface area (Å²) in [5.41, 5.74) is 1.42. The molecule has 2 N–H and O–H groups in total. The Bertz CT molecular complexity index is 834. The Kier molecular flexibility index (Phi) is 4.56. The van der Waals surface area contributed by atoms with Crippen molar-refractivity contribution < 1.29 is 24.2 Å². The van der Waals surface area contributed by atoms with Gasteiger partial charge in [0, 0.05) is 0 Å². The molecule has 2 aromatic rings. The van der Waals surface area contributed by atoms with E-state index in [2.05, 4.69) is 10.3 Å². The third-order valence-electron chi connectivity index (χ3n) is 3.96. The lowest BCUT2D eigenvalue weighted by atomic mass is 10.1. The summed E-state index contributed by atoms with van der Waals surface area (Å²) in [7, 11) is 0. The predicted octanol–water partition coefficient (Wildman–Crippen LogP) is 2.35. The molecule has 1 aliphatic rings. The minimum Gasteiger partial charge on any atom is -0.486 e. The molecule has 1 aromatic heterocycles. The van der Waals surface area contributed by atoms with Crippen LogP contribution in [-0.2, 0) is 0 Å². The largest absolute Gasteiger partial charge is 0.486 e. The zero-order valence-electron chi connectivity index (χ0n) is 13.9. The van der Waals surface area contributed by atoms with Gasteiger partial charge < -0.3 is 19.9 Å². The maximum Gasteiger partial charge on any atom is 0.337 e. The van der Waals surface area contributed by atoms with Gasteiger partial charge in [-0.25, -0.2) is 9.78 Å². The molecule has 2 heterocycles. The summed E-state index contributed by atoms with van der Waals surface area (Å²) in [6, 6.07) is 8.04. The molecule has 3 rings (SSSR count). The average Bonchev–Trinajstić information content (AvgIpc) is 2.60. The molecule has 0 bridgehead atoms. The number of carbonyl (C=O) groups is 2. The number of pyridine rings is 1.